The number of carbonyl (C=O) groups excluding carboxylic acids is 2. The van der Waals surface area contributed by atoms with E-state index in [1.165, 1.54) is 12.5 Å². The highest BCUT2D eigenvalue weighted by molar-refractivity contribution is 5.76. The van der Waals surface area contributed by atoms with Gasteiger partial charge in [0.05, 0.1) is 13.0 Å². The maximum Gasteiger partial charge on any atom is 0.223 e. The number of rotatable bonds is 7. The Hall–Kier alpha value is -2.04. The van der Waals surface area contributed by atoms with Gasteiger partial charge in [-0.3, -0.25) is 9.59 Å². The van der Waals surface area contributed by atoms with Crippen molar-refractivity contribution in [3.05, 3.63) is 29.3 Å². The largest absolute Gasteiger partial charge is 0.493 e. The molecule has 0 atom stereocenters. The average molecular weight is 278 g/mol. The van der Waals surface area contributed by atoms with E-state index in [0.29, 0.717) is 26.1 Å². The van der Waals surface area contributed by atoms with Crippen LogP contribution < -0.4 is 15.4 Å². The van der Waals surface area contributed by atoms with E-state index in [2.05, 4.69) is 10.6 Å². The Bertz CT molecular complexity index is 472. The number of amides is 2. The molecule has 20 heavy (non-hydrogen) atoms. The van der Waals surface area contributed by atoms with Crippen LogP contribution in [-0.4, -0.2) is 31.5 Å². The first kappa shape index (κ1) is 16.0. The van der Waals surface area contributed by atoms with Crippen molar-refractivity contribution in [3.8, 4) is 5.75 Å². The fourth-order valence-corrected chi connectivity index (χ4v) is 1.74. The van der Waals surface area contributed by atoms with E-state index >= 15 is 0 Å². The van der Waals surface area contributed by atoms with Crippen molar-refractivity contribution < 1.29 is 14.3 Å². The molecule has 1 aromatic rings. The van der Waals surface area contributed by atoms with E-state index in [1.54, 1.807) is 0 Å². The van der Waals surface area contributed by atoms with Crippen molar-refractivity contribution in [2.24, 2.45) is 0 Å². The molecule has 1 rings (SSSR count). The van der Waals surface area contributed by atoms with Crippen molar-refractivity contribution in [1.29, 1.82) is 0 Å². The zero-order valence-electron chi connectivity index (χ0n) is 12.3. The number of carbonyl (C=O) groups is 2. The first-order chi connectivity index (χ1) is 9.49. The second-order valence-corrected chi connectivity index (χ2v) is 4.70. The average Bonchev–Trinajstić information content (AvgIpc) is 2.37. The number of hydrogen-bond donors (Lipinski definition) is 2. The molecule has 0 saturated heterocycles. The summed E-state index contributed by atoms with van der Waals surface area (Å²) in [6.07, 6.45) is 0.299. The van der Waals surface area contributed by atoms with Crippen LogP contribution in [0.4, 0.5) is 0 Å². The molecule has 0 fully saturated rings. The Morgan fingerprint density at radius 3 is 2.50 bits per heavy atom. The zero-order valence-corrected chi connectivity index (χ0v) is 12.3. The van der Waals surface area contributed by atoms with E-state index < -0.39 is 0 Å². The van der Waals surface area contributed by atoms with E-state index in [4.69, 9.17) is 4.74 Å². The molecular weight excluding hydrogens is 256 g/mol. The summed E-state index contributed by atoms with van der Waals surface area (Å²) in [6.45, 7) is 6.67. The Morgan fingerprint density at radius 2 is 1.85 bits per heavy atom. The fraction of sp³-hybridized carbons (Fsp3) is 0.467. The van der Waals surface area contributed by atoms with Crippen LogP contribution in [0, 0.1) is 13.8 Å². The molecule has 0 aliphatic carbocycles. The molecule has 5 nitrogen and oxygen atoms in total. The number of nitrogens with one attached hydrogen (secondary N) is 2. The van der Waals surface area contributed by atoms with Crippen LogP contribution in [0.2, 0.25) is 0 Å². The molecule has 0 aromatic heterocycles. The number of aryl methyl sites for hydroxylation is 2. The Balaban J connectivity index is 2.20. The van der Waals surface area contributed by atoms with Gasteiger partial charge >= 0.3 is 0 Å². The zero-order chi connectivity index (χ0) is 15.0. The number of benzene rings is 1. The summed E-state index contributed by atoms with van der Waals surface area (Å²) in [7, 11) is 0. The monoisotopic (exact) mass is 278 g/mol. The third-order valence-electron chi connectivity index (χ3n) is 2.74. The van der Waals surface area contributed by atoms with Gasteiger partial charge in [0.15, 0.2) is 0 Å². The van der Waals surface area contributed by atoms with Crippen LogP contribution in [0.15, 0.2) is 18.2 Å². The van der Waals surface area contributed by atoms with Gasteiger partial charge in [-0.2, -0.15) is 0 Å². The van der Waals surface area contributed by atoms with Gasteiger partial charge in [0, 0.05) is 20.0 Å². The molecule has 0 unspecified atom stereocenters. The van der Waals surface area contributed by atoms with Gasteiger partial charge in [0.1, 0.15) is 5.75 Å². The number of hydrogen-bond acceptors (Lipinski definition) is 3. The van der Waals surface area contributed by atoms with Crippen molar-refractivity contribution in [2.75, 3.05) is 19.7 Å². The lowest BCUT2D eigenvalue weighted by Gasteiger charge is -2.10. The minimum Gasteiger partial charge on any atom is -0.493 e. The predicted molar refractivity (Wildman–Crippen MR) is 77.7 cm³/mol. The predicted octanol–water partition coefficient (Wildman–Crippen LogP) is 1.32. The van der Waals surface area contributed by atoms with Crippen LogP contribution >= 0.6 is 0 Å². The molecule has 110 valence electrons. The standard InChI is InChI=1S/C15H22N2O3/c1-11-4-5-14(12(2)10-11)20-9-6-15(19)17-8-7-16-13(3)18/h4-5,10H,6-9H2,1-3H3,(H,16,18)(H,17,19). The van der Waals surface area contributed by atoms with Gasteiger partial charge in [0.2, 0.25) is 11.8 Å². The smallest absolute Gasteiger partial charge is 0.223 e. The molecule has 5 heteroatoms. The summed E-state index contributed by atoms with van der Waals surface area (Å²) in [6, 6.07) is 5.94. The maximum atomic E-state index is 11.5. The van der Waals surface area contributed by atoms with E-state index in [0.717, 1.165) is 11.3 Å². The van der Waals surface area contributed by atoms with Crippen LogP contribution in [0.25, 0.3) is 0 Å². The first-order valence-corrected chi connectivity index (χ1v) is 6.70. The molecule has 0 heterocycles. The molecule has 2 amide bonds. The quantitative estimate of drug-likeness (QED) is 0.739. The van der Waals surface area contributed by atoms with Gasteiger partial charge in [-0.15, -0.1) is 0 Å². The van der Waals surface area contributed by atoms with E-state index in [1.807, 2.05) is 32.0 Å². The topological polar surface area (TPSA) is 67.4 Å². The summed E-state index contributed by atoms with van der Waals surface area (Å²) in [5.74, 6) is 0.624. The Labute approximate surface area is 119 Å². The minimum absolute atomic E-state index is 0.0832. The van der Waals surface area contributed by atoms with Gasteiger partial charge in [-0.25, -0.2) is 0 Å². The second kappa shape index (κ2) is 8.19. The molecular formula is C15H22N2O3. The van der Waals surface area contributed by atoms with Crippen molar-refractivity contribution in [1.82, 2.24) is 10.6 Å². The van der Waals surface area contributed by atoms with E-state index in [9.17, 15) is 9.59 Å². The highest BCUT2D eigenvalue weighted by Gasteiger charge is 2.03. The van der Waals surface area contributed by atoms with Gasteiger partial charge in [-0.1, -0.05) is 17.7 Å². The lowest BCUT2D eigenvalue weighted by molar-refractivity contribution is -0.122. The molecule has 1 aromatic carbocycles. The summed E-state index contributed by atoms with van der Waals surface area (Å²) in [5.41, 5.74) is 2.25. The first-order valence-electron chi connectivity index (χ1n) is 6.70. The summed E-state index contributed by atoms with van der Waals surface area (Å²) in [4.78, 5) is 22.1. The van der Waals surface area contributed by atoms with Gasteiger partial charge < -0.3 is 15.4 Å². The third-order valence-corrected chi connectivity index (χ3v) is 2.74. The van der Waals surface area contributed by atoms with Gasteiger partial charge in [0.25, 0.3) is 0 Å². The molecule has 0 aliphatic heterocycles. The highest BCUT2D eigenvalue weighted by Crippen LogP contribution is 2.18. The van der Waals surface area contributed by atoms with Crippen LogP contribution in [0.5, 0.6) is 5.75 Å². The van der Waals surface area contributed by atoms with Gasteiger partial charge in [-0.05, 0) is 25.5 Å². The number of ether oxygens (including phenoxy) is 1. The van der Waals surface area contributed by atoms with Crippen LogP contribution in [0.1, 0.15) is 24.5 Å². The van der Waals surface area contributed by atoms with Crippen LogP contribution in [-0.2, 0) is 9.59 Å². The van der Waals surface area contributed by atoms with Crippen LogP contribution in [0.3, 0.4) is 0 Å². The molecule has 0 spiro atoms. The summed E-state index contributed by atoms with van der Waals surface area (Å²) in [5, 5.41) is 5.33. The molecule has 0 saturated carbocycles. The van der Waals surface area contributed by atoms with Crippen molar-refractivity contribution >= 4 is 11.8 Å². The molecule has 0 aliphatic rings. The summed E-state index contributed by atoms with van der Waals surface area (Å²) >= 11 is 0. The lowest BCUT2D eigenvalue weighted by Crippen LogP contribution is -2.34. The SMILES string of the molecule is CC(=O)NCCNC(=O)CCOc1ccc(C)cc1C. The van der Waals surface area contributed by atoms with E-state index in [-0.39, 0.29) is 11.8 Å². The van der Waals surface area contributed by atoms with Crippen molar-refractivity contribution in [2.45, 2.75) is 27.2 Å². The molecule has 2 N–H and O–H groups in total. The fourth-order valence-electron chi connectivity index (χ4n) is 1.74. The summed E-state index contributed by atoms with van der Waals surface area (Å²) < 4.78 is 5.58. The lowest BCUT2D eigenvalue weighted by atomic mass is 10.1. The highest BCUT2D eigenvalue weighted by atomic mass is 16.5. The maximum absolute atomic E-state index is 11.5. The third kappa shape index (κ3) is 6.22. The normalized spacial score (nSPS) is 9.95. The Kier molecular flexibility index (Phi) is 6.56. The molecule has 0 radical (unpaired) electrons. The minimum atomic E-state index is -0.0996. The van der Waals surface area contributed by atoms with Crippen molar-refractivity contribution in [3.63, 3.8) is 0 Å². The Morgan fingerprint density at radius 1 is 1.15 bits per heavy atom. The second-order valence-electron chi connectivity index (χ2n) is 4.70. The molecule has 0 bridgehead atoms.